The highest BCUT2D eigenvalue weighted by molar-refractivity contribution is 9.10. The van der Waals surface area contributed by atoms with E-state index in [2.05, 4.69) is 26.2 Å². The molecule has 0 heterocycles. The maximum Gasteiger partial charge on any atom is 0.305 e. The number of halogens is 1. The summed E-state index contributed by atoms with van der Waals surface area (Å²) in [4.78, 5) is 28.1. The Kier molecular flexibility index (Phi) is 10.2. The third-order valence-electron chi connectivity index (χ3n) is 4.86. The number of para-hydroxylation sites is 1. The zero-order chi connectivity index (χ0) is 25.8. The molecule has 36 heavy (non-hydrogen) atoms. The zero-order valence-corrected chi connectivity index (χ0v) is 21.0. The molecule has 0 aliphatic heterocycles. The lowest BCUT2D eigenvalue weighted by atomic mass is 10.1. The van der Waals surface area contributed by atoms with Gasteiger partial charge in [0.05, 0.1) is 36.6 Å². The maximum atomic E-state index is 13.2. The third-order valence-corrected chi connectivity index (χ3v) is 5.39. The normalized spacial score (nSPS) is 11.7. The molecule has 186 valence electrons. The molecule has 4 N–H and O–H groups in total. The van der Waals surface area contributed by atoms with Crippen LogP contribution in [0.3, 0.4) is 0 Å². The lowest BCUT2D eigenvalue weighted by Crippen LogP contribution is -2.19. The summed E-state index contributed by atoms with van der Waals surface area (Å²) in [7, 11) is 0. The van der Waals surface area contributed by atoms with Crippen molar-refractivity contribution in [2.75, 3.05) is 25.1 Å². The Bertz CT molecular complexity index is 1210. The number of carboxylic acids is 1. The second-order valence-corrected chi connectivity index (χ2v) is 8.43. The number of carbonyl (C=O) groups is 2. The highest BCUT2D eigenvalue weighted by atomic mass is 79.9. The molecule has 8 nitrogen and oxygen atoms in total. The Morgan fingerprint density at radius 3 is 2.31 bits per heavy atom. The Morgan fingerprint density at radius 2 is 1.64 bits per heavy atom. The zero-order valence-electron chi connectivity index (χ0n) is 19.4. The minimum atomic E-state index is -0.906. The summed E-state index contributed by atoms with van der Waals surface area (Å²) in [6, 6.07) is 23.5. The molecule has 0 atom stereocenters. The summed E-state index contributed by atoms with van der Waals surface area (Å²) in [5.41, 5.74) is 8.84. The van der Waals surface area contributed by atoms with Crippen LogP contribution in [0.4, 0.5) is 11.4 Å². The largest absolute Gasteiger partial charge is 0.491 e. The predicted octanol–water partition coefficient (Wildman–Crippen LogP) is 5.03. The third kappa shape index (κ3) is 8.68. The van der Waals surface area contributed by atoms with Gasteiger partial charge >= 0.3 is 5.97 Å². The van der Waals surface area contributed by atoms with Crippen molar-refractivity contribution in [1.29, 1.82) is 0 Å². The van der Waals surface area contributed by atoms with Crippen LogP contribution in [0, 0.1) is 0 Å². The molecule has 0 saturated carbocycles. The first kappa shape index (κ1) is 26.7. The fourth-order valence-corrected chi connectivity index (χ4v) is 3.27. The van der Waals surface area contributed by atoms with Gasteiger partial charge in [-0.1, -0.05) is 46.3 Å². The number of nitrogens with one attached hydrogen (secondary N) is 1. The number of aliphatic carboxylic acids is 1. The second-order valence-electron chi connectivity index (χ2n) is 7.51. The van der Waals surface area contributed by atoms with Gasteiger partial charge in [-0.05, 0) is 54.1 Å². The van der Waals surface area contributed by atoms with E-state index in [1.807, 2.05) is 54.6 Å². The molecule has 9 heteroatoms. The van der Waals surface area contributed by atoms with Crippen molar-refractivity contribution in [1.82, 2.24) is 0 Å². The van der Waals surface area contributed by atoms with Crippen molar-refractivity contribution < 1.29 is 24.2 Å². The standard InChI is InChI=1S/C27H26BrN3O5/c28-20-8-6-19(7-9-20)26(29)24(18-30-21-4-2-1-3-5-21)27(34)31-22-10-12-23(13-11-22)36-17-16-35-15-14-25(32)33/h1-13,18H,14-17,29H2,(H,31,34)(H,32,33)/b26-24+,30-18?. The van der Waals surface area contributed by atoms with Crippen molar-refractivity contribution in [2.24, 2.45) is 10.7 Å². The number of carbonyl (C=O) groups excluding carboxylic acids is 1. The molecule has 3 rings (SSSR count). The van der Waals surface area contributed by atoms with Gasteiger partial charge in [0.1, 0.15) is 12.4 Å². The summed E-state index contributed by atoms with van der Waals surface area (Å²) in [5.74, 6) is -0.724. The molecule has 0 spiro atoms. The number of carboxylic acid groups (broad SMARTS) is 1. The molecule has 0 unspecified atom stereocenters. The Morgan fingerprint density at radius 1 is 0.944 bits per heavy atom. The summed E-state index contributed by atoms with van der Waals surface area (Å²) < 4.78 is 11.7. The number of hydrogen-bond donors (Lipinski definition) is 3. The fourth-order valence-electron chi connectivity index (χ4n) is 3.00. The number of aliphatic imine (C=N–C) groups is 1. The van der Waals surface area contributed by atoms with Crippen molar-refractivity contribution in [3.05, 3.63) is 94.5 Å². The number of amides is 1. The van der Waals surface area contributed by atoms with Gasteiger partial charge in [0, 0.05) is 16.4 Å². The van der Waals surface area contributed by atoms with E-state index in [0.29, 0.717) is 28.4 Å². The Hall–Kier alpha value is -3.95. The number of hydrogen-bond acceptors (Lipinski definition) is 6. The highest BCUT2D eigenvalue weighted by Gasteiger charge is 2.14. The molecule has 0 radical (unpaired) electrons. The van der Waals surface area contributed by atoms with E-state index in [0.717, 1.165) is 4.47 Å². The predicted molar refractivity (Wildman–Crippen MR) is 143 cm³/mol. The quantitative estimate of drug-likeness (QED) is 0.165. The van der Waals surface area contributed by atoms with Gasteiger partial charge in [0.15, 0.2) is 0 Å². The summed E-state index contributed by atoms with van der Waals surface area (Å²) in [6.07, 6.45) is 1.41. The number of rotatable bonds is 12. The monoisotopic (exact) mass is 551 g/mol. The van der Waals surface area contributed by atoms with Crippen LogP contribution in [0.5, 0.6) is 5.75 Å². The molecule has 3 aromatic rings. The van der Waals surface area contributed by atoms with Crippen molar-refractivity contribution in [2.45, 2.75) is 6.42 Å². The Labute approximate surface area is 217 Å². The van der Waals surface area contributed by atoms with Crippen LogP contribution in [0.1, 0.15) is 12.0 Å². The van der Waals surface area contributed by atoms with E-state index >= 15 is 0 Å². The van der Waals surface area contributed by atoms with Crippen LogP contribution in [0.2, 0.25) is 0 Å². The molecule has 3 aromatic carbocycles. The molecular formula is C27H26BrN3O5. The first-order valence-corrected chi connectivity index (χ1v) is 11.9. The first-order chi connectivity index (χ1) is 17.4. The van der Waals surface area contributed by atoms with E-state index in [4.69, 9.17) is 20.3 Å². The first-order valence-electron chi connectivity index (χ1n) is 11.1. The molecule has 0 aliphatic carbocycles. The second kappa shape index (κ2) is 13.8. The molecule has 0 bridgehead atoms. The van der Waals surface area contributed by atoms with Crippen molar-refractivity contribution >= 4 is 51.1 Å². The van der Waals surface area contributed by atoms with E-state index in [-0.39, 0.29) is 31.8 Å². The van der Waals surface area contributed by atoms with Gasteiger partial charge in [-0.3, -0.25) is 14.6 Å². The van der Waals surface area contributed by atoms with Crippen LogP contribution in [0.25, 0.3) is 5.70 Å². The van der Waals surface area contributed by atoms with Gasteiger partial charge in [-0.15, -0.1) is 0 Å². The fraction of sp³-hybridized carbons (Fsp3) is 0.148. The molecular weight excluding hydrogens is 526 g/mol. The number of nitrogens with zero attached hydrogens (tertiary/aromatic N) is 1. The van der Waals surface area contributed by atoms with Crippen LogP contribution in [-0.2, 0) is 14.3 Å². The number of anilines is 1. The van der Waals surface area contributed by atoms with Crippen LogP contribution < -0.4 is 15.8 Å². The van der Waals surface area contributed by atoms with Gasteiger partial charge < -0.3 is 25.6 Å². The average Bonchev–Trinajstić information content (AvgIpc) is 2.88. The highest BCUT2D eigenvalue weighted by Crippen LogP contribution is 2.20. The molecule has 0 aromatic heterocycles. The topological polar surface area (TPSA) is 123 Å². The summed E-state index contributed by atoms with van der Waals surface area (Å²) in [6.45, 7) is 0.685. The lowest BCUT2D eigenvalue weighted by Gasteiger charge is -2.11. The van der Waals surface area contributed by atoms with Crippen LogP contribution in [-0.4, -0.2) is 43.0 Å². The van der Waals surface area contributed by atoms with Crippen molar-refractivity contribution in [3.8, 4) is 5.75 Å². The molecule has 0 saturated heterocycles. The summed E-state index contributed by atoms with van der Waals surface area (Å²) >= 11 is 3.40. The van der Waals surface area contributed by atoms with Crippen molar-refractivity contribution in [3.63, 3.8) is 0 Å². The van der Waals surface area contributed by atoms with Gasteiger partial charge in [0.25, 0.3) is 5.91 Å². The number of ether oxygens (including phenoxy) is 2. The van der Waals surface area contributed by atoms with E-state index < -0.39 is 11.9 Å². The smallest absolute Gasteiger partial charge is 0.305 e. The molecule has 0 aliphatic rings. The number of nitrogens with two attached hydrogens (primary N) is 1. The molecule has 0 fully saturated rings. The Balaban J connectivity index is 1.68. The van der Waals surface area contributed by atoms with Crippen LogP contribution >= 0.6 is 15.9 Å². The maximum absolute atomic E-state index is 13.2. The average molecular weight is 552 g/mol. The SMILES string of the molecule is N/C(=C(\C=Nc1ccccc1)C(=O)Nc1ccc(OCCOCCC(=O)O)cc1)c1ccc(Br)cc1. The van der Waals surface area contributed by atoms with Gasteiger partial charge in [0.2, 0.25) is 0 Å². The van der Waals surface area contributed by atoms with E-state index in [1.54, 1.807) is 24.3 Å². The van der Waals surface area contributed by atoms with Gasteiger partial charge in [-0.25, -0.2) is 0 Å². The van der Waals surface area contributed by atoms with Crippen LogP contribution in [0.15, 0.2) is 93.9 Å². The lowest BCUT2D eigenvalue weighted by molar-refractivity contribution is -0.138. The van der Waals surface area contributed by atoms with E-state index in [1.165, 1.54) is 6.21 Å². The number of benzene rings is 3. The van der Waals surface area contributed by atoms with Gasteiger partial charge in [-0.2, -0.15) is 0 Å². The summed E-state index contributed by atoms with van der Waals surface area (Å²) in [5, 5.41) is 11.4. The minimum absolute atomic E-state index is 0.0484. The minimum Gasteiger partial charge on any atom is -0.491 e. The van der Waals surface area contributed by atoms with E-state index in [9.17, 15) is 9.59 Å². The molecule has 1 amide bonds.